The Morgan fingerprint density at radius 3 is 2.45 bits per heavy atom. The third-order valence-corrected chi connectivity index (χ3v) is 5.49. The van der Waals surface area contributed by atoms with Gasteiger partial charge in [-0.15, -0.1) is 0 Å². The van der Waals surface area contributed by atoms with Gasteiger partial charge in [-0.1, -0.05) is 35.9 Å². The summed E-state index contributed by atoms with van der Waals surface area (Å²) in [6, 6.07) is 12.2. The van der Waals surface area contributed by atoms with E-state index in [1.54, 1.807) is 43.3 Å². The zero-order valence-electron chi connectivity index (χ0n) is 16.3. The lowest BCUT2D eigenvalue weighted by molar-refractivity contribution is -0.122. The molecule has 0 bridgehead atoms. The highest BCUT2D eigenvalue weighted by atomic mass is 35.5. The van der Waals surface area contributed by atoms with E-state index in [1.165, 1.54) is 6.07 Å². The fourth-order valence-electron chi connectivity index (χ4n) is 3.58. The molecule has 2 atom stereocenters. The first-order valence-corrected chi connectivity index (χ1v) is 10.2. The molecule has 154 valence electrons. The third-order valence-electron chi connectivity index (χ3n) is 5.16. The normalized spacial score (nSPS) is 16.2. The van der Waals surface area contributed by atoms with Crippen LogP contribution in [0.2, 0.25) is 5.02 Å². The molecule has 29 heavy (non-hydrogen) atoms. The van der Waals surface area contributed by atoms with Crippen molar-refractivity contribution >= 4 is 23.4 Å². The van der Waals surface area contributed by atoms with Crippen molar-refractivity contribution in [2.75, 3.05) is 19.6 Å². The van der Waals surface area contributed by atoms with Crippen LogP contribution in [-0.2, 0) is 4.79 Å². The summed E-state index contributed by atoms with van der Waals surface area (Å²) in [6.07, 6.45) is 2.06. The number of rotatable bonds is 7. The molecule has 0 saturated carbocycles. The number of carbonyl (C=O) groups is 2. The van der Waals surface area contributed by atoms with Crippen LogP contribution in [0.3, 0.4) is 0 Å². The van der Waals surface area contributed by atoms with Crippen LogP contribution in [0, 0.1) is 5.82 Å². The lowest BCUT2D eigenvalue weighted by atomic mass is 10.0. The van der Waals surface area contributed by atoms with E-state index in [1.807, 2.05) is 6.07 Å². The molecular formula is C22H25ClFN3O2. The third kappa shape index (κ3) is 5.34. The number of likely N-dealkylation sites (tertiary alicyclic amines) is 1. The Morgan fingerprint density at radius 2 is 1.79 bits per heavy atom. The van der Waals surface area contributed by atoms with Gasteiger partial charge in [0.15, 0.2) is 0 Å². The lowest BCUT2D eigenvalue weighted by Gasteiger charge is -2.29. The van der Waals surface area contributed by atoms with E-state index in [4.69, 9.17) is 11.6 Å². The van der Waals surface area contributed by atoms with Crippen molar-refractivity contribution in [3.05, 3.63) is 70.5 Å². The van der Waals surface area contributed by atoms with Gasteiger partial charge in [-0.2, -0.15) is 0 Å². The second-order valence-corrected chi connectivity index (χ2v) is 7.61. The fraction of sp³-hybridized carbons (Fsp3) is 0.364. The number of carbonyl (C=O) groups excluding carboxylic acids is 2. The van der Waals surface area contributed by atoms with Gasteiger partial charge in [0.05, 0.1) is 6.04 Å². The fourth-order valence-corrected chi connectivity index (χ4v) is 3.87. The number of benzene rings is 2. The summed E-state index contributed by atoms with van der Waals surface area (Å²) in [6.45, 7) is 3.49. The predicted octanol–water partition coefficient (Wildman–Crippen LogP) is 3.55. The van der Waals surface area contributed by atoms with Crippen molar-refractivity contribution < 1.29 is 14.0 Å². The Kier molecular flexibility index (Phi) is 7.23. The minimum Gasteiger partial charge on any atom is -0.352 e. The smallest absolute Gasteiger partial charge is 0.251 e. The summed E-state index contributed by atoms with van der Waals surface area (Å²) in [5.74, 6) is -1.03. The number of amides is 2. The molecule has 0 aromatic heterocycles. The molecule has 1 fully saturated rings. The summed E-state index contributed by atoms with van der Waals surface area (Å²) in [7, 11) is 0. The van der Waals surface area contributed by atoms with Crippen molar-refractivity contribution in [2.24, 2.45) is 0 Å². The Morgan fingerprint density at radius 1 is 1.10 bits per heavy atom. The Balaban J connectivity index is 1.66. The SMILES string of the molecule is CC(NC(=O)c1ccccc1)C(=O)NCC(c1c(F)cccc1Cl)N1CCCC1. The number of halogens is 2. The van der Waals surface area contributed by atoms with Crippen molar-refractivity contribution in [1.29, 1.82) is 0 Å². The molecule has 1 heterocycles. The van der Waals surface area contributed by atoms with Gasteiger partial charge >= 0.3 is 0 Å². The number of nitrogens with one attached hydrogen (secondary N) is 2. The molecule has 2 unspecified atom stereocenters. The first kappa shape index (κ1) is 21.3. The molecule has 0 spiro atoms. The van der Waals surface area contributed by atoms with Crippen molar-refractivity contribution in [2.45, 2.75) is 31.8 Å². The Bertz CT molecular complexity index is 836. The van der Waals surface area contributed by atoms with Gasteiger partial charge in [0.25, 0.3) is 5.91 Å². The first-order valence-electron chi connectivity index (χ1n) is 9.79. The van der Waals surface area contributed by atoms with E-state index in [2.05, 4.69) is 15.5 Å². The summed E-state index contributed by atoms with van der Waals surface area (Å²) >= 11 is 6.28. The van der Waals surface area contributed by atoms with E-state index < -0.39 is 6.04 Å². The quantitative estimate of drug-likeness (QED) is 0.724. The number of nitrogens with zero attached hydrogens (tertiary/aromatic N) is 1. The van der Waals surface area contributed by atoms with E-state index in [9.17, 15) is 14.0 Å². The van der Waals surface area contributed by atoms with Gasteiger partial charge in [-0.25, -0.2) is 4.39 Å². The maximum atomic E-state index is 14.5. The summed E-state index contributed by atoms with van der Waals surface area (Å²) in [4.78, 5) is 26.9. The van der Waals surface area contributed by atoms with Crippen LogP contribution in [0.5, 0.6) is 0 Å². The molecule has 2 aromatic carbocycles. The average molecular weight is 418 g/mol. The molecule has 5 nitrogen and oxygen atoms in total. The number of hydrogen-bond acceptors (Lipinski definition) is 3. The minimum absolute atomic E-state index is 0.213. The van der Waals surface area contributed by atoms with Crippen molar-refractivity contribution in [1.82, 2.24) is 15.5 Å². The molecule has 7 heteroatoms. The Labute approximate surface area is 175 Å². The van der Waals surface area contributed by atoms with Gasteiger partial charge in [-0.05, 0) is 57.1 Å². The molecule has 2 amide bonds. The van der Waals surface area contributed by atoms with Crippen LogP contribution in [-0.4, -0.2) is 42.4 Å². The molecule has 1 saturated heterocycles. The van der Waals surface area contributed by atoms with Gasteiger partial charge in [0.2, 0.25) is 5.91 Å². The van der Waals surface area contributed by atoms with E-state index in [-0.39, 0.29) is 30.2 Å². The van der Waals surface area contributed by atoms with Crippen molar-refractivity contribution in [3.8, 4) is 0 Å². The summed E-state index contributed by atoms with van der Waals surface area (Å²) in [5.41, 5.74) is 0.887. The van der Waals surface area contributed by atoms with E-state index in [0.717, 1.165) is 25.9 Å². The standard InChI is InChI=1S/C22H25ClFN3O2/c1-15(26-22(29)16-8-3-2-4-9-16)21(28)25-14-19(27-12-5-6-13-27)20-17(23)10-7-11-18(20)24/h2-4,7-11,15,19H,5-6,12-14H2,1H3,(H,25,28)(H,26,29). The molecule has 1 aliphatic heterocycles. The van der Waals surface area contributed by atoms with Gasteiger partial charge < -0.3 is 10.6 Å². The monoisotopic (exact) mass is 417 g/mol. The first-order chi connectivity index (χ1) is 14.0. The van der Waals surface area contributed by atoms with Crippen molar-refractivity contribution in [3.63, 3.8) is 0 Å². The molecule has 0 radical (unpaired) electrons. The maximum Gasteiger partial charge on any atom is 0.251 e. The second-order valence-electron chi connectivity index (χ2n) is 7.20. The van der Waals surface area contributed by atoms with Crippen LogP contribution < -0.4 is 10.6 Å². The topological polar surface area (TPSA) is 61.4 Å². The summed E-state index contributed by atoms with van der Waals surface area (Å²) in [5, 5.41) is 5.88. The van der Waals surface area contributed by atoms with Crippen LogP contribution >= 0.6 is 11.6 Å². The zero-order chi connectivity index (χ0) is 20.8. The minimum atomic E-state index is -0.724. The highest BCUT2D eigenvalue weighted by molar-refractivity contribution is 6.31. The molecular weight excluding hydrogens is 393 g/mol. The van der Waals surface area contributed by atoms with Gasteiger partial charge in [0.1, 0.15) is 11.9 Å². The highest BCUT2D eigenvalue weighted by Gasteiger charge is 2.28. The molecule has 3 rings (SSSR count). The molecule has 1 aliphatic rings. The van der Waals surface area contributed by atoms with E-state index in [0.29, 0.717) is 16.1 Å². The maximum absolute atomic E-state index is 14.5. The van der Waals surface area contributed by atoms with Crippen LogP contribution in [0.4, 0.5) is 4.39 Å². The molecule has 2 aromatic rings. The molecule has 2 N–H and O–H groups in total. The summed E-state index contributed by atoms with van der Waals surface area (Å²) < 4.78 is 14.5. The number of hydrogen-bond donors (Lipinski definition) is 2. The van der Waals surface area contributed by atoms with Crippen LogP contribution in [0.15, 0.2) is 48.5 Å². The van der Waals surface area contributed by atoms with E-state index >= 15 is 0 Å². The second kappa shape index (κ2) is 9.85. The van der Waals surface area contributed by atoms with Crippen LogP contribution in [0.25, 0.3) is 0 Å². The lowest BCUT2D eigenvalue weighted by Crippen LogP contribution is -2.47. The van der Waals surface area contributed by atoms with Crippen LogP contribution in [0.1, 0.15) is 41.7 Å². The highest BCUT2D eigenvalue weighted by Crippen LogP contribution is 2.31. The average Bonchev–Trinajstić information content (AvgIpc) is 3.25. The predicted molar refractivity (Wildman–Crippen MR) is 111 cm³/mol. The largest absolute Gasteiger partial charge is 0.352 e. The van der Waals surface area contributed by atoms with Gasteiger partial charge in [0, 0.05) is 22.7 Å². The molecule has 0 aliphatic carbocycles. The van der Waals surface area contributed by atoms with Gasteiger partial charge in [-0.3, -0.25) is 14.5 Å². The Hall–Kier alpha value is -2.44. The zero-order valence-corrected chi connectivity index (χ0v) is 17.1.